The molecule has 0 fully saturated rings. The highest BCUT2D eigenvalue weighted by atomic mass is 32.3. The maximum Gasteiger partial charge on any atom is 1.00 e. The van der Waals surface area contributed by atoms with E-state index in [0.29, 0.717) is 6.04 Å². The SMILES string of the molecule is C=CCC(CC=C)N(CC)CC.O=S(=O)([O-])O.[S+]. The van der Waals surface area contributed by atoms with E-state index in [0.717, 1.165) is 25.9 Å². The van der Waals surface area contributed by atoms with Crippen molar-refractivity contribution in [3.05, 3.63) is 25.3 Å². The van der Waals surface area contributed by atoms with Crippen LogP contribution in [0.5, 0.6) is 0 Å². The molecule has 3 radical (unpaired) electrons. The van der Waals surface area contributed by atoms with Gasteiger partial charge in [-0.2, -0.15) is 0 Å². The first kappa shape index (κ1) is 22.8. The van der Waals surface area contributed by atoms with Crippen LogP contribution in [-0.2, 0) is 23.9 Å². The quantitative estimate of drug-likeness (QED) is 0.335. The average Bonchev–Trinajstić information content (AvgIpc) is 2.17. The number of rotatable bonds is 7. The Bertz CT molecular complexity index is 282. The van der Waals surface area contributed by atoms with Gasteiger partial charge in [0.15, 0.2) is 0 Å². The Morgan fingerprint density at radius 1 is 1.22 bits per heavy atom. The molecule has 0 aromatic rings. The van der Waals surface area contributed by atoms with E-state index in [2.05, 4.69) is 31.9 Å². The van der Waals surface area contributed by atoms with Gasteiger partial charge in [-0.1, -0.05) is 26.0 Å². The molecule has 0 aromatic carbocycles. The summed E-state index contributed by atoms with van der Waals surface area (Å²) in [6.07, 6.45) is 6.11. The molecule has 0 saturated heterocycles. The van der Waals surface area contributed by atoms with Crippen LogP contribution in [0.4, 0.5) is 0 Å². The van der Waals surface area contributed by atoms with E-state index < -0.39 is 10.4 Å². The average molecular weight is 296 g/mol. The zero-order valence-electron chi connectivity index (χ0n) is 10.9. The maximum atomic E-state index is 8.63. The van der Waals surface area contributed by atoms with Gasteiger partial charge in [0.1, 0.15) is 0 Å². The third-order valence-electron chi connectivity index (χ3n) is 2.21. The first-order valence-corrected chi connectivity index (χ1v) is 6.80. The fourth-order valence-corrected chi connectivity index (χ4v) is 1.52. The summed E-state index contributed by atoms with van der Waals surface area (Å²) in [5, 5.41) is 0. The van der Waals surface area contributed by atoms with Crippen LogP contribution in [0.1, 0.15) is 26.7 Å². The zero-order valence-corrected chi connectivity index (χ0v) is 12.5. The molecule has 0 spiro atoms. The van der Waals surface area contributed by atoms with Gasteiger partial charge in [-0.25, -0.2) is 8.42 Å². The van der Waals surface area contributed by atoms with Gasteiger partial charge in [0.2, 0.25) is 10.4 Å². The van der Waals surface area contributed by atoms with Crippen LogP contribution < -0.4 is 0 Å². The number of hydrogen-bond donors (Lipinski definition) is 1. The summed E-state index contributed by atoms with van der Waals surface area (Å²) in [4.78, 5) is 2.45. The fraction of sp³-hybridized carbons (Fsp3) is 0.636. The molecule has 0 aromatic heterocycles. The minimum Gasteiger partial charge on any atom is -0.726 e. The van der Waals surface area contributed by atoms with Crippen LogP contribution in [0.3, 0.4) is 0 Å². The third-order valence-corrected chi connectivity index (χ3v) is 2.21. The lowest BCUT2D eigenvalue weighted by molar-refractivity contribution is 0.219. The van der Waals surface area contributed by atoms with E-state index >= 15 is 0 Å². The summed E-state index contributed by atoms with van der Waals surface area (Å²) in [5.41, 5.74) is 0. The lowest BCUT2D eigenvalue weighted by atomic mass is 10.1. The number of hydrogen-bond acceptors (Lipinski definition) is 4. The lowest BCUT2D eigenvalue weighted by Gasteiger charge is -2.27. The second-order valence-corrected chi connectivity index (χ2v) is 4.21. The largest absolute Gasteiger partial charge is 1.00 e. The smallest absolute Gasteiger partial charge is 0.726 e. The molecule has 1 N–H and O–H groups in total. The molecular weight excluding hydrogens is 274 g/mol. The Labute approximate surface area is 118 Å². The highest BCUT2D eigenvalue weighted by molar-refractivity contribution is 7.79. The van der Waals surface area contributed by atoms with E-state index in [9.17, 15) is 0 Å². The molecule has 18 heavy (non-hydrogen) atoms. The van der Waals surface area contributed by atoms with Crippen molar-refractivity contribution in [3.8, 4) is 0 Å². The Hall–Kier alpha value is -0.340. The van der Waals surface area contributed by atoms with E-state index in [-0.39, 0.29) is 13.5 Å². The molecule has 107 valence electrons. The summed E-state index contributed by atoms with van der Waals surface area (Å²) in [6, 6.07) is 0.606. The van der Waals surface area contributed by atoms with Gasteiger partial charge in [-0.15, -0.1) is 13.2 Å². The van der Waals surface area contributed by atoms with Crippen molar-refractivity contribution in [2.45, 2.75) is 32.7 Å². The van der Waals surface area contributed by atoms with Gasteiger partial charge in [0, 0.05) is 6.04 Å². The molecule has 0 unspecified atom stereocenters. The highest BCUT2D eigenvalue weighted by Crippen LogP contribution is 2.09. The molecular formula is C11H22NO4S2. The summed E-state index contributed by atoms with van der Waals surface area (Å²) < 4.78 is 32.8. The summed E-state index contributed by atoms with van der Waals surface area (Å²) in [5.74, 6) is 0. The Kier molecular flexibility index (Phi) is 16.6. The van der Waals surface area contributed by atoms with Crippen LogP contribution in [0.25, 0.3) is 0 Å². The van der Waals surface area contributed by atoms with Crippen molar-refractivity contribution >= 4 is 23.9 Å². The first-order valence-electron chi connectivity index (χ1n) is 5.44. The second-order valence-electron chi connectivity index (χ2n) is 3.35. The summed E-state index contributed by atoms with van der Waals surface area (Å²) in [7, 11) is -4.92. The molecule has 0 bridgehead atoms. The van der Waals surface area contributed by atoms with Crippen molar-refractivity contribution in [2.75, 3.05) is 13.1 Å². The first-order chi connectivity index (χ1) is 7.79. The Morgan fingerprint density at radius 2 is 1.50 bits per heavy atom. The van der Waals surface area contributed by atoms with Gasteiger partial charge in [0.25, 0.3) is 0 Å². The Morgan fingerprint density at radius 3 is 1.67 bits per heavy atom. The zero-order chi connectivity index (χ0) is 13.9. The van der Waals surface area contributed by atoms with Gasteiger partial charge in [-0.05, 0) is 25.9 Å². The van der Waals surface area contributed by atoms with Crippen LogP contribution in [0.2, 0.25) is 0 Å². The molecule has 0 amide bonds. The predicted molar refractivity (Wildman–Crippen MR) is 76.0 cm³/mol. The molecule has 0 aliphatic carbocycles. The van der Waals surface area contributed by atoms with Crippen molar-refractivity contribution in [1.82, 2.24) is 4.90 Å². The van der Waals surface area contributed by atoms with Crippen LogP contribution in [0, 0.1) is 0 Å². The molecule has 0 atom stereocenters. The molecule has 0 heterocycles. The Balaban J connectivity index is -0.000000321. The predicted octanol–water partition coefficient (Wildman–Crippen LogP) is 1.85. The van der Waals surface area contributed by atoms with E-state index in [1.165, 1.54) is 0 Å². The molecule has 0 saturated carbocycles. The lowest BCUT2D eigenvalue weighted by Crippen LogP contribution is -2.34. The molecule has 5 nitrogen and oxygen atoms in total. The normalized spacial score (nSPS) is 10.3. The molecule has 7 heteroatoms. The van der Waals surface area contributed by atoms with Crippen molar-refractivity contribution < 1.29 is 17.5 Å². The van der Waals surface area contributed by atoms with Gasteiger partial charge >= 0.3 is 13.5 Å². The fourth-order valence-electron chi connectivity index (χ4n) is 1.52. The minimum absolute atomic E-state index is 0. The molecule has 0 aliphatic heterocycles. The van der Waals surface area contributed by atoms with Crippen molar-refractivity contribution in [1.29, 1.82) is 0 Å². The van der Waals surface area contributed by atoms with E-state index in [1.807, 2.05) is 12.2 Å². The topological polar surface area (TPSA) is 80.7 Å². The summed E-state index contributed by atoms with van der Waals surface area (Å²) >= 11 is 0. The number of nitrogens with zero attached hydrogens (tertiary/aromatic N) is 1. The van der Waals surface area contributed by atoms with Crippen LogP contribution >= 0.6 is 0 Å². The molecule has 0 rings (SSSR count). The maximum absolute atomic E-state index is 8.63. The van der Waals surface area contributed by atoms with Gasteiger partial charge in [0.05, 0.1) is 0 Å². The van der Waals surface area contributed by atoms with E-state index in [1.54, 1.807) is 0 Å². The third kappa shape index (κ3) is 18.0. The van der Waals surface area contributed by atoms with Gasteiger partial charge in [-0.3, -0.25) is 4.55 Å². The van der Waals surface area contributed by atoms with Crippen molar-refractivity contribution in [3.63, 3.8) is 0 Å². The minimum atomic E-state index is -4.92. The van der Waals surface area contributed by atoms with Crippen LogP contribution in [0.15, 0.2) is 25.3 Å². The summed E-state index contributed by atoms with van der Waals surface area (Å²) in [6.45, 7) is 14.2. The standard InChI is InChI=1S/C11H21N.H2O4S.S/c1-5-9-11(10-6-2)12(7-3)8-4;1-5(2,3)4;/h5-6,11H,1-2,7-10H2,3-4H3;(H2,1,2,3,4);/q;;+1/p-1. The van der Waals surface area contributed by atoms with Crippen LogP contribution in [-0.4, -0.2) is 41.6 Å². The monoisotopic (exact) mass is 296 g/mol. The molecule has 0 aliphatic rings. The van der Waals surface area contributed by atoms with E-state index in [4.69, 9.17) is 17.5 Å². The van der Waals surface area contributed by atoms with Crippen molar-refractivity contribution in [2.24, 2.45) is 0 Å². The highest BCUT2D eigenvalue weighted by Gasteiger charge is 2.11. The van der Waals surface area contributed by atoms with Gasteiger partial charge < -0.3 is 9.45 Å². The second kappa shape index (κ2) is 13.1.